The van der Waals surface area contributed by atoms with Gasteiger partial charge in [0.2, 0.25) is 5.88 Å². The second-order valence-electron chi connectivity index (χ2n) is 6.34. The summed E-state index contributed by atoms with van der Waals surface area (Å²) < 4.78 is 48.2. The van der Waals surface area contributed by atoms with Crippen LogP contribution in [-0.4, -0.2) is 40.8 Å². The summed E-state index contributed by atoms with van der Waals surface area (Å²) in [5.41, 5.74) is -1.41. The second kappa shape index (κ2) is 6.25. The maximum Gasteiger partial charge on any atom is 0.417 e. The van der Waals surface area contributed by atoms with Crippen LogP contribution in [0.1, 0.15) is 32.8 Å². The van der Waals surface area contributed by atoms with Gasteiger partial charge >= 0.3 is 12.3 Å². The summed E-state index contributed by atoms with van der Waals surface area (Å²) in [7, 11) is 0. The molecule has 2 heterocycles. The van der Waals surface area contributed by atoms with E-state index < -0.39 is 23.4 Å². The van der Waals surface area contributed by atoms with Crippen LogP contribution < -0.4 is 4.74 Å². The summed E-state index contributed by atoms with van der Waals surface area (Å²) in [5.74, 6) is 0.106. The number of amides is 1. The number of pyridine rings is 1. The smallest absolute Gasteiger partial charge is 0.417 e. The highest BCUT2D eigenvalue weighted by molar-refractivity contribution is 5.68. The fourth-order valence-corrected chi connectivity index (χ4v) is 2.11. The number of carbonyl (C=O) groups excluding carboxylic acids is 1. The summed E-state index contributed by atoms with van der Waals surface area (Å²) in [6.45, 7) is 6.13. The van der Waals surface area contributed by atoms with Gasteiger partial charge in [0.05, 0.1) is 12.1 Å². The Kier molecular flexibility index (Phi) is 4.72. The number of hydrogen-bond donors (Lipinski definition) is 0. The highest BCUT2D eigenvalue weighted by Crippen LogP contribution is 2.29. The van der Waals surface area contributed by atoms with Crippen LogP contribution in [0, 0.1) is 0 Å². The van der Waals surface area contributed by atoms with Gasteiger partial charge in [-0.15, -0.1) is 0 Å². The molecule has 23 heavy (non-hydrogen) atoms. The van der Waals surface area contributed by atoms with Crippen LogP contribution in [0.5, 0.6) is 5.88 Å². The Balaban J connectivity index is 1.89. The number of alkyl halides is 3. The lowest BCUT2D eigenvalue weighted by atomic mass is 10.2. The molecule has 128 valence electrons. The molecule has 0 N–H and O–H groups in total. The van der Waals surface area contributed by atoms with E-state index in [1.165, 1.54) is 11.0 Å². The van der Waals surface area contributed by atoms with E-state index >= 15 is 0 Å². The lowest BCUT2D eigenvalue weighted by molar-refractivity contribution is -0.137. The molecule has 1 saturated heterocycles. The fourth-order valence-electron chi connectivity index (χ4n) is 2.11. The van der Waals surface area contributed by atoms with Gasteiger partial charge in [-0.3, -0.25) is 0 Å². The summed E-state index contributed by atoms with van der Waals surface area (Å²) in [6, 6.07) is 2.10. The van der Waals surface area contributed by atoms with Crippen molar-refractivity contribution in [2.45, 2.75) is 45.1 Å². The first kappa shape index (κ1) is 17.4. The van der Waals surface area contributed by atoms with Gasteiger partial charge in [-0.2, -0.15) is 13.2 Å². The minimum atomic E-state index is -4.42. The molecule has 1 aliphatic heterocycles. The molecule has 1 aliphatic rings. The maximum atomic E-state index is 12.5. The van der Waals surface area contributed by atoms with E-state index in [-0.39, 0.29) is 12.0 Å². The van der Waals surface area contributed by atoms with Gasteiger partial charge in [0, 0.05) is 25.2 Å². The first-order chi connectivity index (χ1) is 10.5. The van der Waals surface area contributed by atoms with Crippen molar-refractivity contribution >= 4 is 6.09 Å². The van der Waals surface area contributed by atoms with Crippen LogP contribution in [0.4, 0.5) is 18.0 Å². The van der Waals surface area contributed by atoms with Gasteiger partial charge in [-0.1, -0.05) is 0 Å². The zero-order valence-corrected chi connectivity index (χ0v) is 13.2. The summed E-state index contributed by atoms with van der Waals surface area (Å²) >= 11 is 0. The first-order valence-electron chi connectivity index (χ1n) is 7.22. The molecule has 0 spiro atoms. The van der Waals surface area contributed by atoms with E-state index in [9.17, 15) is 18.0 Å². The number of carbonyl (C=O) groups is 1. The number of nitrogens with zero attached hydrogens (tertiary/aromatic N) is 2. The van der Waals surface area contributed by atoms with Crippen LogP contribution in [0.25, 0.3) is 0 Å². The zero-order valence-electron chi connectivity index (χ0n) is 13.2. The van der Waals surface area contributed by atoms with E-state index in [1.54, 1.807) is 20.8 Å². The summed E-state index contributed by atoms with van der Waals surface area (Å²) in [4.78, 5) is 17.1. The van der Waals surface area contributed by atoms with Crippen LogP contribution in [0.2, 0.25) is 0 Å². The monoisotopic (exact) mass is 332 g/mol. The van der Waals surface area contributed by atoms with E-state index in [4.69, 9.17) is 9.47 Å². The molecule has 0 bridgehead atoms. The van der Waals surface area contributed by atoms with E-state index in [0.29, 0.717) is 19.5 Å². The van der Waals surface area contributed by atoms with Crippen molar-refractivity contribution in [3.05, 3.63) is 23.9 Å². The average Bonchev–Trinajstić information content (AvgIpc) is 2.85. The third-order valence-electron chi connectivity index (χ3n) is 3.15. The molecule has 8 heteroatoms. The Labute approximate surface area is 132 Å². The molecule has 0 saturated carbocycles. The van der Waals surface area contributed by atoms with E-state index in [2.05, 4.69) is 4.98 Å². The molecule has 0 radical (unpaired) electrons. The molecule has 1 aromatic rings. The third-order valence-corrected chi connectivity index (χ3v) is 3.15. The van der Waals surface area contributed by atoms with Gasteiger partial charge in [0.1, 0.15) is 11.7 Å². The number of ether oxygens (including phenoxy) is 2. The van der Waals surface area contributed by atoms with Crippen LogP contribution in [-0.2, 0) is 10.9 Å². The van der Waals surface area contributed by atoms with Crippen LogP contribution in [0.3, 0.4) is 0 Å². The van der Waals surface area contributed by atoms with Crippen molar-refractivity contribution in [3.8, 4) is 5.88 Å². The third kappa shape index (κ3) is 5.01. The van der Waals surface area contributed by atoms with Gasteiger partial charge in [-0.25, -0.2) is 9.78 Å². The number of rotatable bonds is 2. The molecule has 0 unspecified atom stereocenters. The number of aromatic nitrogens is 1. The Hall–Kier alpha value is -1.99. The Morgan fingerprint density at radius 3 is 2.52 bits per heavy atom. The highest BCUT2D eigenvalue weighted by atomic mass is 19.4. The largest absolute Gasteiger partial charge is 0.472 e. The predicted octanol–water partition coefficient (Wildman–Crippen LogP) is 3.49. The highest BCUT2D eigenvalue weighted by Gasteiger charge is 2.32. The molecule has 0 aliphatic carbocycles. The standard InChI is InChI=1S/C15H19F3N2O3/c1-14(2,3)23-13(21)20-7-6-11(9-20)22-12-5-4-10(8-19-12)15(16,17)18/h4-5,8,11H,6-7,9H2,1-3H3/t11-/m0/s1. The van der Waals surface area contributed by atoms with Crippen molar-refractivity contribution < 1.29 is 27.4 Å². The van der Waals surface area contributed by atoms with Gasteiger partial charge in [0.25, 0.3) is 0 Å². The van der Waals surface area contributed by atoms with Crippen LogP contribution >= 0.6 is 0 Å². The van der Waals surface area contributed by atoms with Crippen molar-refractivity contribution in [1.82, 2.24) is 9.88 Å². The van der Waals surface area contributed by atoms with Crippen molar-refractivity contribution in [2.75, 3.05) is 13.1 Å². The van der Waals surface area contributed by atoms with Crippen molar-refractivity contribution in [1.29, 1.82) is 0 Å². The lowest BCUT2D eigenvalue weighted by Gasteiger charge is -2.24. The Bertz CT molecular complexity index is 553. The number of hydrogen-bond acceptors (Lipinski definition) is 4. The molecular formula is C15H19F3N2O3. The van der Waals surface area contributed by atoms with Crippen LogP contribution in [0.15, 0.2) is 18.3 Å². The molecule has 1 fully saturated rings. The van der Waals surface area contributed by atoms with Gasteiger partial charge in [0.15, 0.2) is 0 Å². The fraction of sp³-hybridized carbons (Fsp3) is 0.600. The molecule has 2 rings (SSSR count). The number of likely N-dealkylation sites (tertiary alicyclic amines) is 1. The normalized spacial score (nSPS) is 18.9. The molecule has 1 amide bonds. The zero-order chi connectivity index (χ0) is 17.3. The molecule has 5 nitrogen and oxygen atoms in total. The van der Waals surface area contributed by atoms with E-state index in [0.717, 1.165) is 12.3 Å². The van der Waals surface area contributed by atoms with Crippen molar-refractivity contribution in [3.63, 3.8) is 0 Å². The molecular weight excluding hydrogens is 313 g/mol. The Morgan fingerprint density at radius 2 is 2.00 bits per heavy atom. The summed E-state index contributed by atoms with van der Waals surface area (Å²) in [5, 5.41) is 0. The predicted molar refractivity (Wildman–Crippen MR) is 76.1 cm³/mol. The molecule has 0 aromatic carbocycles. The van der Waals surface area contributed by atoms with Gasteiger partial charge in [-0.05, 0) is 26.8 Å². The number of halogens is 3. The molecule has 1 aromatic heterocycles. The van der Waals surface area contributed by atoms with Gasteiger partial charge < -0.3 is 14.4 Å². The topological polar surface area (TPSA) is 51.7 Å². The molecule has 1 atom stereocenters. The minimum absolute atomic E-state index is 0.106. The second-order valence-corrected chi connectivity index (χ2v) is 6.34. The Morgan fingerprint density at radius 1 is 1.30 bits per heavy atom. The summed E-state index contributed by atoms with van der Waals surface area (Å²) in [6.07, 6.45) is -3.86. The minimum Gasteiger partial charge on any atom is -0.472 e. The maximum absolute atomic E-state index is 12.5. The lowest BCUT2D eigenvalue weighted by Crippen LogP contribution is -2.36. The van der Waals surface area contributed by atoms with E-state index in [1.807, 2.05) is 0 Å². The van der Waals surface area contributed by atoms with Crippen molar-refractivity contribution in [2.24, 2.45) is 0 Å². The average molecular weight is 332 g/mol. The first-order valence-corrected chi connectivity index (χ1v) is 7.22. The SMILES string of the molecule is CC(C)(C)OC(=O)N1CC[C@H](Oc2ccc(C(F)(F)F)cn2)C1. The quantitative estimate of drug-likeness (QED) is 0.832.